The van der Waals surface area contributed by atoms with Gasteiger partial charge in [-0.1, -0.05) is 20.8 Å². The average Bonchev–Trinajstić information content (AvgIpc) is 2.18. The van der Waals surface area contributed by atoms with Crippen molar-refractivity contribution in [3.63, 3.8) is 0 Å². The van der Waals surface area contributed by atoms with E-state index in [1.54, 1.807) is 0 Å². The highest BCUT2D eigenvalue weighted by molar-refractivity contribution is 5.23. The van der Waals surface area contributed by atoms with E-state index in [4.69, 9.17) is 5.73 Å². The minimum absolute atomic E-state index is 0.196. The quantitative estimate of drug-likeness (QED) is 0.545. The Hall–Kier alpha value is -0.0400. The highest BCUT2D eigenvalue weighted by atomic mass is 14.9. The van der Waals surface area contributed by atoms with Crippen LogP contribution in [0, 0.1) is 10.8 Å². The van der Waals surface area contributed by atoms with Crippen LogP contribution in [0.1, 0.15) is 40.0 Å². The summed E-state index contributed by atoms with van der Waals surface area (Å²) in [4.78, 5) is 0. The van der Waals surface area contributed by atoms with Crippen molar-refractivity contribution < 1.29 is 0 Å². The topological polar surface area (TPSA) is 26.0 Å². The zero-order valence-corrected chi connectivity index (χ0v) is 7.20. The van der Waals surface area contributed by atoms with E-state index in [2.05, 4.69) is 20.8 Å². The molecule has 0 heterocycles. The van der Waals surface area contributed by atoms with Crippen LogP contribution in [-0.2, 0) is 0 Å². The first-order valence-corrected chi connectivity index (χ1v) is 4.20. The van der Waals surface area contributed by atoms with Crippen molar-refractivity contribution in [2.24, 2.45) is 16.6 Å². The summed E-state index contributed by atoms with van der Waals surface area (Å²) in [6, 6.07) is 0. The summed E-state index contributed by atoms with van der Waals surface area (Å²) in [6.07, 6.45) is 3.85. The van der Waals surface area contributed by atoms with Crippen LogP contribution in [0.3, 0.4) is 0 Å². The molecular formula is C9H17N. The van der Waals surface area contributed by atoms with E-state index in [1.807, 2.05) is 0 Å². The molecule has 10 heavy (non-hydrogen) atoms. The Bertz CT molecular complexity index is 167. The highest BCUT2D eigenvalue weighted by Crippen LogP contribution is 2.71. The molecule has 58 valence electrons. The molecule has 0 radical (unpaired) electrons. The number of rotatable bonds is 0. The van der Waals surface area contributed by atoms with E-state index in [-0.39, 0.29) is 5.54 Å². The average molecular weight is 139 g/mol. The second-order valence-electron chi connectivity index (χ2n) is 5.02. The van der Waals surface area contributed by atoms with E-state index in [9.17, 15) is 0 Å². The lowest BCUT2D eigenvalue weighted by atomic mass is 9.48. The standard InChI is InChI=1S/C9H17N/c1-7(2)8(3)4-5-9(7,10)6-8/h4-6,10H2,1-3H3/t8-,9-/m0/s1. The smallest absolute Gasteiger partial charge is 0.0216 e. The molecule has 0 aromatic rings. The molecule has 1 nitrogen and oxygen atoms in total. The lowest BCUT2D eigenvalue weighted by molar-refractivity contribution is -0.0615. The molecule has 0 spiro atoms. The summed E-state index contributed by atoms with van der Waals surface area (Å²) < 4.78 is 0. The Morgan fingerprint density at radius 1 is 1.10 bits per heavy atom. The fourth-order valence-electron chi connectivity index (χ4n) is 2.93. The maximum Gasteiger partial charge on any atom is 0.0216 e. The Morgan fingerprint density at radius 2 is 1.70 bits per heavy atom. The zero-order chi connectivity index (χ0) is 7.62. The molecule has 0 saturated heterocycles. The van der Waals surface area contributed by atoms with Crippen molar-refractivity contribution in [1.29, 1.82) is 0 Å². The van der Waals surface area contributed by atoms with E-state index < -0.39 is 0 Å². The van der Waals surface area contributed by atoms with Gasteiger partial charge in [0.2, 0.25) is 0 Å². The van der Waals surface area contributed by atoms with Crippen molar-refractivity contribution in [2.45, 2.75) is 45.6 Å². The number of nitrogens with two attached hydrogens (primary N) is 1. The fraction of sp³-hybridized carbons (Fsp3) is 1.00. The molecule has 0 aromatic carbocycles. The van der Waals surface area contributed by atoms with Gasteiger partial charge in [-0.25, -0.2) is 0 Å². The molecule has 3 fully saturated rings. The maximum absolute atomic E-state index is 6.21. The van der Waals surface area contributed by atoms with Crippen LogP contribution in [-0.4, -0.2) is 5.54 Å². The van der Waals surface area contributed by atoms with Gasteiger partial charge < -0.3 is 5.73 Å². The van der Waals surface area contributed by atoms with Crippen molar-refractivity contribution in [3.8, 4) is 0 Å². The number of hydrogen-bond donors (Lipinski definition) is 1. The summed E-state index contributed by atoms with van der Waals surface area (Å²) in [5, 5.41) is 0. The largest absolute Gasteiger partial charge is 0.325 e. The van der Waals surface area contributed by atoms with Crippen LogP contribution < -0.4 is 5.73 Å². The molecule has 2 atom stereocenters. The molecule has 0 aromatic heterocycles. The SMILES string of the molecule is CC1(C)[C@@]2(C)CC[C@]1(N)C2. The van der Waals surface area contributed by atoms with Gasteiger partial charge >= 0.3 is 0 Å². The van der Waals surface area contributed by atoms with Gasteiger partial charge in [-0.2, -0.15) is 0 Å². The molecule has 2 bridgehead atoms. The van der Waals surface area contributed by atoms with Gasteiger partial charge in [0, 0.05) is 5.54 Å². The van der Waals surface area contributed by atoms with Gasteiger partial charge in [0.1, 0.15) is 0 Å². The normalized spacial score (nSPS) is 56.4. The third-order valence-corrected chi connectivity index (χ3v) is 4.58. The molecule has 1 heteroatoms. The van der Waals surface area contributed by atoms with Gasteiger partial charge in [-0.15, -0.1) is 0 Å². The summed E-state index contributed by atoms with van der Waals surface area (Å²) in [6.45, 7) is 7.03. The van der Waals surface area contributed by atoms with Crippen molar-refractivity contribution in [2.75, 3.05) is 0 Å². The second kappa shape index (κ2) is 1.29. The molecule has 3 aliphatic carbocycles. The molecule has 3 aliphatic rings. The van der Waals surface area contributed by atoms with Crippen molar-refractivity contribution in [3.05, 3.63) is 0 Å². The predicted molar refractivity (Wildman–Crippen MR) is 42.7 cm³/mol. The van der Waals surface area contributed by atoms with Gasteiger partial charge in [-0.3, -0.25) is 0 Å². The number of fused-ring (bicyclic) bond motifs is 1. The molecule has 0 unspecified atom stereocenters. The Kier molecular flexibility index (Phi) is 0.860. The molecule has 3 saturated carbocycles. The van der Waals surface area contributed by atoms with Crippen molar-refractivity contribution >= 4 is 0 Å². The first-order valence-electron chi connectivity index (χ1n) is 4.20. The van der Waals surface area contributed by atoms with Gasteiger partial charge in [0.05, 0.1) is 0 Å². The number of hydrogen-bond acceptors (Lipinski definition) is 1. The van der Waals surface area contributed by atoms with Gasteiger partial charge in [0.15, 0.2) is 0 Å². The van der Waals surface area contributed by atoms with Crippen molar-refractivity contribution in [1.82, 2.24) is 0 Å². The van der Waals surface area contributed by atoms with Crippen LogP contribution in [0.4, 0.5) is 0 Å². The summed E-state index contributed by atoms with van der Waals surface area (Å²) >= 11 is 0. The highest BCUT2D eigenvalue weighted by Gasteiger charge is 2.69. The van der Waals surface area contributed by atoms with Crippen LogP contribution >= 0.6 is 0 Å². The Morgan fingerprint density at radius 3 is 1.80 bits per heavy atom. The monoisotopic (exact) mass is 139 g/mol. The minimum Gasteiger partial charge on any atom is -0.325 e. The third kappa shape index (κ3) is 0.402. The summed E-state index contributed by atoms with van der Waals surface area (Å²) in [5.41, 5.74) is 7.38. The first-order chi connectivity index (χ1) is 4.41. The van der Waals surface area contributed by atoms with Crippen LogP contribution in [0.2, 0.25) is 0 Å². The second-order valence-corrected chi connectivity index (χ2v) is 5.02. The molecule has 3 rings (SSSR count). The van der Waals surface area contributed by atoms with Gasteiger partial charge in [0.25, 0.3) is 0 Å². The molecule has 0 aliphatic heterocycles. The molecule has 0 amide bonds. The Balaban J connectivity index is 2.39. The first kappa shape index (κ1) is 6.66. The van der Waals surface area contributed by atoms with Gasteiger partial charge in [-0.05, 0) is 30.1 Å². The lowest BCUT2D eigenvalue weighted by Crippen LogP contribution is -2.64. The molecule has 2 N–H and O–H groups in total. The third-order valence-electron chi connectivity index (χ3n) is 4.58. The lowest BCUT2D eigenvalue weighted by Gasteiger charge is -2.59. The van der Waals surface area contributed by atoms with Crippen LogP contribution in [0.5, 0.6) is 0 Å². The Labute approximate surface area is 63.0 Å². The zero-order valence-electron chi connectivity index (χ0n) is 7.20. The molecular weight excluding hydrogens is 122 g/mol. The summed E-state index contributed by atoms with van der Waals surface area (Å²) in [7, 11) is 0. The van der Waals surface area contributed by atoms with Crippen LogP contribution in [0.25, 0.3) is 0 Å². The summed E-state index contributed by atoms with van der Waals surface area (Å²) in [5.74, 6) is 0. The van der Waals surface area contributed by atoms with E-state index >= 15 is 0 Å². The maximum atomic E-state index is 6.21. The van der Waals surface area contributed by atoms with E-state index in [0.29, 0.717) is 10.8 Å². The minimum atomic E-state index is 0.196. The van der Waals surface area contributed by atoms with E-state index in [1.165, 1.54) is 19.3 Å². The van der Waals surface area contributed by atoms with Crippen LogP contribution in [0.15, 0.2) is 0 Å². The predicted octanol–water partition coefficient (Wildman–Crippen LogP) is 1.91. The van der Waals surface area contributed by atoms with E-state index in [0.717, 1.165) is 0 Å². The fourth-order valence-corrected chi connectivity index (χ4v) is 2.93.